The molecule has 1 aliphatic rings. The van der Waals surface area contributed by atoms with Gasteiger partial charge in [0.25, 0.3) is 0 Å². The van der Waals surface area contributed by atoms with Gasteiger partial charge in [-0.05, 0) is 57.9 Å². The van der Waals surface area contributed by atoms with Gasteiger partial charge in [-0.2, -0.15) is 5.10 Å². The van der Waals surface area contributed by atoms with E-state index in [1.54, 1.807) is 36.9 Å². The molecule has 2 amide bonds. The number of nitrogens with one attached hydrogen (secondary N) is 2. The summed E-state index contributed by atoms with van der Waals surface area (Å²) in [5.74, 6) is -4.56. The fraction of sp³-hybridized carbons (Fsp3) is 0.379. The minimum absolute atomic E-state index is 0.320. The summed E-state index contributed by atoms with van der Waals surface area (Å²) in [4.78, 5) is 41.2. The number of benzene rings is 2. The van der Waals surface area contributed by atoms with Crippen LogP contribution in [-0.4, -0.2) is 38.1 Å². The number of hydrogen-bond donors (Lipinski definition) is 3. The molecule has 3 aromatic rings. The summed E-state index contributed by atoms with van der Waals surface area (Å²) in [6.45, 7) is 8.88. The molecule has 0 saturated heterocycles. The molecule has 0 bridgehead atoms. The number of rotatable bonds is 5. The van der Waals surface area contributed by atoms with Gasteiger partial charge in [-0.3, -0.25) is 19.1 Å². The van der Waals surface area contributed by atoms with E-state index >= 15 is 0 Å². The van der Waals surface area contributed by atoms with Crippen molar-refractivity contribution in [3.8, 4) is 0 Å². The van der Waals surface area contributed by atoms with Crippen molar-refractivity contribution in [2.24, 2.45) is 18.9 Å². The SMILES string of the molecule is Cc1ccccc1NC(=O)[C@H]1C(=O)C[C@](C)(O)[C@@H](C(=O)Nc2ccccc2C)[C@@H]1c1c(C)nn(C)c1C. The van der Waals surface area contributed by atoms with E-state index in [2.05, 4.69) is 15.7 Å². The number of para-hydroxylation sites is 2. The summed E-state index contributed by atoms with van der Waals surface area (Å²) < 4.78 is 1.67. The van der Waals surface area contributed by atoms with Gasteiger partial charge < -0.3 is 15.7 Å². The number of ketones is 1. The van der Waals surface area contributed by atoms with Gasteiger partial charge in [-0.1, -0.05) is 36.4 Å². The van der Waals surface area contributed by atoms with Crippen molar-refractivity contribution in [1.82, 2.24) is 9.78 Å². The van der Waals surface area contributed by atoms with Gasteiger partial charge in [0.15, 0.2) is 0 Å². The van der Waals surface area contributed by atoms with Crippen LogP contribution in [0.3, 0.4) is 0 Å². The smallest absolute Gasteiger partial charge is 0.235 e. The highest BCUT2D eigenvalue weighted by atomic mass is 16.3. The van der Waals surface area contributed by atoms with Gasteiger partial charge in [0.1, 0.15) is 11.7 Å². The Morgan fingerprint density at radius 3 is 1.95 bits per heavy atom. The predicted molar refractivity (Wildman–Crippen MR) is 142 cm³/mol. The molecule has 0 radical (unpaired) electrons. The van der Waals surface area contributed by atoms with Crippen molar-refractivity contribution in [1.29, 1.82) is 0 Å². The van der Waals surface area contributed by atoms with Crippen molar-refractivity contribution >= 4 is 29.0 Å². The molecule has 1 heterocycles. The van der Waals surface area contributed by atoms with Crippen molar-refractivity contribution in [2.45, 2.75) is 52.6 Å². The predicted octanol–water partition coefficient (Wildman–Crippen LogP) is 3.97. The second-order valence-electron chi connectivity index (χ2n) is 10.3. The number of anilines is 2. The Labute approximate surface area is 217 Å². The second-order valence-corrected chi connectivity index (χ2v) is 10.3. The zero-order valence-corrected chi connectivity index (χ0v) is 22.1. The molecule has 0 spiro atoms. The number of Topliss-reactive ketones (excluding diaryl/α,β-unsaturated/α-hetero) is 1. The summed E-state index contributed by atoms with van der Waals surface area (Å²) in [6, 6.07) is 14.7. The number of carbonyl (C=O) groups excluding carboxylic acids is 3. The standard InChI is InChI=1S/C29H34N4O4/c1-16-11-7-9-13-20(16)30-27(35)24-22(34)15-29(5,37)26(25(24)23-18(3)32-33(6)19(23)4)28(36)31-21-14-10-8-12-17(21)2/h7-14,24-26,37H,15H2,1-6H3,(H,30,35)(H,31,36)/t24-,25+,26+,29-/m0/s1. The Morgan fingerprint density at radius 2 is 1.46 bits per heavy atom. The summed E-state index contributed by atoms with van der Waals surface area (Å²) in [5, 5.41) is 21.9. The maximum absolute atomic E-state index is 13.9. The molecule has 3 N–H and O–H groups in total. The lowest BCUT2D eigenvalue weighted by Crippen LogP contribution is -2.56. The van der Waals surface area contributed by atoms with Gasteiger partial charge in [0.2, 0.25) is 11.8 Å². The van der Waals surface area contributed by atoms with E-state index in [1.807, 2.05) is 51.1 Å². The van der Waals surface area contributed by atoms with Gasteiger partial charge >= 0.3 is 0 Å². The van der Waals surface area contributed by atoms with Crippen molar-refractivity contribution in [3.63, 3.8) is 0 Å². The molecule has 4 rings (SSSR count). The van der Waals surface area contributed by atoms with E-state index in [9.17, 15) is 19.5 Å². The van der Waals surface area contributed by atoms with Crippen molar-refractivity contribution < 1.29 is 19.5 Å². The first-order chi connectivity index (χ1) is 17.4. The minimum atomic E-state index is -1.68. The molecule has 4 atom stereocenters. The van der Waals surface area contributed by atoms with E-state index < -0.39 is 41.0 Å². The van der Waals surface area contributed by atoms with E-state index in [0.29, 0.717) is 22.6 Å². The number of carbonyl (C=O) groups is 3. The molecule has 1 fully saturated rings. The molecule has 1 saturated carbocycles. The van der Waals surface area contributed by atoms with Crippen LogP contribution in [0.25, 0.3) is 0 Å². The average Bonchev–Trinajstić information content (AvgIpc) is 3.06. The number of nitrogens with zero attached hydrogens (tertiary/aromatic N) is 2. The largest absolute Gasteiger partial charge is 0.389 e. The molecule has 1 aromatic heterocycles. The molecule has 2 aromatic carbocycles. The van der Waals surface area contributed by atoms with E-state index in [4.69, 9.17) is 0 Å². The van der Waals surface area contributed by atoms with E-state index in [0.717, 1.165) is 16.8 Å². The third kappa shape index (κ3) is 4.93. The van der Waals surface area contributed by atoms with Crippen LogP contribution < -0.4 is 10.6 Å². The topological polar surface area (TPSA) is 113 Å². The number of aliphatic hydroxyl groups is 1. The first-order valence-corrected chi connectivity index (χ1v) is 12.4. The van der Waals surface area contributed by atoms with Crippen LogP contribution in [0.2, 0.25) is 0 Å². The van der Waals surface area contributed by atoms with Crippen molar-refractivity contribution in [2.75, 3.05) is 10.6 Å². The normalized spacial score (nSPS) is 23.5. The third-order valence-electron chi connectivity index (χ3n) is 7.54. The molecule has 37 heavy (non-hydrogen) atoms. The Bertz CT molecular complexity index is 1370. The van der Waals surface area contributed by atoms with Gasteiger partial charge in [-0.15, -0.1) is 0 Å². The molecule has 0 aliphatic heterocycles. The summed E-state index contributed by atoms with van der Waals surface area (Å²) >= 11 is 0. The molecular formula is C29H34N4O4. The maximum atomic E-state index is 13.9. The van der Waals surface area contributed by atoms with Crippen LogP contribution in [0.1, 0.15) is 47.3 Å². The van der Waals surface area contributed by atoms with E-state index in [-0.39, 0.29) is 6.42 Å². The number of aromatic nitrogens is 2. The summed E-state index contributed by atoms with van der Waals surface area (Å²) in [5.41, 5.74) is 3.21. The monoisotopic (exact) mass is 502 g/mol. The fourth-order valence-corrected chi connectivity index (χ4v) is 5.56. The van der Waals surface area contributed by atoms with Crippen LogP contribution in [0, 0.1) is 39.5 Å². The molecular weight excluding hydrogens is 468 g/mol. The number of aryl methyl sites for hydroxylation is 4. The Hall–Kier alpha value is -3.78. The third-order valence-corrected chi connectivity index (χ3v) is 7.54. The van der Waals surface area contributed by atoms with Gasteiger partial charge in [-0.25, -0.2) is 0 Å². The summed E-state index contributed by atoms with van der Waals surface area (Å²) in [7, 11) is 1.78. The number of amides is 2. The second kappa shape index (κ2) is 9.94. The Kier molecular flexibility index (Phi) is 7.06. The first kappa shape index (κ1) is 26.3. The zero-order valence-electron chi connectivity index (χ0n) is 22.1. The van der Waals surface area contributed by atoms with Crippen LogP contribution >= 0.6 is 0 Å². The lowest BCUT2D eigenvalue weighted by Gasteiger charge is -2.44. The van der Waals surface area contributed by atoms with Crippen LogP contribution in [0.15, 0.2) is 48.5 Å². The lowest BCUT2D eigenvalue weighted by molar-refractivity contribution is -0.150. The molecule has 8 nitrogen and oxygen atoms in total. The molecule has 8 heteroatoms. The fourth-order valence-electron chi connectivity index (χ4n) is 5.56. The van der Waals surface area contributed by atoms with Crippen LogP contribution in [0.4, 0.5) is 11.4 Å². The Morgan fingerprint density at radius 1 is 0.946 bits per heavy atom. The first-order valence-electron chi connectivity index (χ1n) is 12.4. The lowest BCUT2D eigenvalue weighted by atomic mass is 9.60. The molecule has 1 aliphatic carbocycles. The highest BCUT2D eigenvalue weighted by Crippen LogP contribution is 2.48. The summed E-state index contributed by atoms with van der Waals surface area (Å²) in [6.07, 6.45) is -0.320. The van der Waals surface area contributed by atoms with Crippen LogP contribution in [0.5, 0.6) is 0 Å². The average molecular weight is 503 g/mol. The van der Waals surface area contributed by atoms with Crippen LogP contribution in [-0.2, 0) is 21.4 Å². The number of hydrogen-bond acceptors (Lipinski definition) is 5. The van der Waals surface area contributed by atoms with Gasteiger partial charge in [0.05, 0.1) is 17.2 Å². The van der Waals surface area contributed by atoms with Crippen molar-refractivity contribution in [3.05, 3.63) is 76.6 Å². The highest BCUT2D eigenvalue weighted by Gasteiger charge is 2.57. The van der Waals surface area contributed by atoms with E-state index in [1.165, 1.54) is 6.92 Å². The maximum Gasteiger partial charge on any atom is 0.235 e. The highest BCUT2D eigenvalue weighted by molar-refractivity contribution is 6.10. The zero-order chi connectivity index (χ0) is 27.1. The minimum Gasteiger partial charge on any atom is -0.389 e. The molecule has 0 unspecified atom stereocenters. The quantitative estimate of drug-likeness (QED) is 0.457. The van der Waals surface area contributed by atoms with Gasteiger partial charge in [0, 0.05) is 42.0 Å². The Balaban J connectivity index is 1.84. The molecule has 194 valence electrons.